The Morgan fingerprint density at radius 3 is 2.21 bits per heavy atom. The summed E-state index contributed by atoms with van der Waals surface area (Å²) in [5.74, 6) is 1.30. The lowest BCUT2D eigenvalue weighted by molar-refractivity contribution is -0.917. The third kappa shape index (κ3) is 4.20. The average Bonchev–Trinajstić information content (AvgIpc) is 2.73. The molecule has 0 saturated carbocycles. The number of methoxy groups -OCH3 is 3. The molecule has 1 saturated heterocycles. The quantitative estimate of drug-likeness (QED) is 0.811. The molecule has 0 unspecified atom stereocenters. The van der Waals surface area contributed by atoms with Gasteiger partial charge in [-0.25, -0.2) is 4.39 Å². The summed E-state index contributed by atoms with van der Waals surface area (Å²) in [4.78, 5) is 15.6. The summed E-state index contributed by atoms with van der Waals surface area (Å²) in [5, 5.41) is 0. The molecule has 0 atom stereocenters. The molecule has 3 rings (SSSR count). The third-order valence-corrected chi connectivity index (χ3v) is 5.09. The van der Waals surface area contributed by atoms with Gasteiger partial charge in [0.1, 0.15) is 18.1 Å². The first kappa shape index (κ1) is 19.9. The van der Waals surface area contributed by atoms with Gasteiger partial charge in [0, 0.05) is 6.07 Å². The van der Waals surface area contributed by atoms with E-state index in [1.54, 1.807) is 38.4 Å². The Hall–Kier alpha value is -2.80. The zero-order valence-corrected chi connectivity index (χ0v) is 16.5. The average molecular weight is 389 g/mol. The molecule has 0 aliphatic carbocycles. The van der Waals surface area contributed by atoms with Crippen molar-refractivity contribution in [3.05, 3.63) is 53.3 Å². The molecule has 0 aromatic heterocycles. The van der Waals surface area contributed by atoms with Gasteiger partial charge in [-0.15, -0.1) is 0 Å². The van der Waals surface area contributed by atoms with Crippen molar-refractivity contribution in [2.24, 2.45) is 0 Å². The van der Waals surface area contributed by atoms with Gasteiger partial charge in [0.05, 0.1) is 58.6 Å². The zero-order valence-electron chi connectivity index (χ0n) is 16.5. The summed E-state index contributed by atoms with van der Waals surface area (Å²) >= 11 is 0. The standard InChI is InChI=1S/C21H25FN2O4/c1-26-18-13-20(28-3)19(27-2)12-15(18)14-23-8-10-24(11-9-23)21(25)16-6-4-5-7-17(16)22/h4-7,12-13H,8-11,14H2,1-3H3/p+1. The monoisotopic (exact) mass is 389 g/mol. The van der Waals surface area contributed by atoms with Gasteiger partial charge in [-0.05, 0) is 18.2 Å². The van der Waals surface area contributed by atoms with Crippen LogP contribution in [0.4, 0.5) is 4.39 Å². The van der Waals surface area contributed by atoms with E-state index in [9.17, 15) is 9.18 Å². The highest BCUT2D eigenvalue weighted by atomic mass is 19.1. The summed E-state index contributed by atoms with van der Waals surface area (Å²) in [5.41, 5.74) is 1.15. The molecule has 7 heteroatoms. The maximum atomic E-state index is 13.9. The molecule has 0 bridgehead atoms. The summed E-state index contributed by atoms with van der Waals surface area (Å²) < 4.78 is 30.1. The van der Waals surface area contributed by atoms with Crippen LogP contribution in [-0.4, -0.2) is 58.3 Å². The molecule has 1 heterocycles. The molecule has 28 heavy (non-hydrogen) atoms. The van der Waals surface area contributed by atoms with Gasteiger partial charge >= 0.3 is 0 Å². The number of halogens is 1. The number of nitrogens with zero attached hydrogens (tertiary/aromatic N) is 1. The fraction of sp³-hybridized carbons (Fsp3) is 0.381. The minimum atomic E-state index is -0.475. The SMILES string of the molecule is COc1cc(OC)c(OC)cc1C[NH+]1CCN(C(=O)c2ccccc2F)CC1. The summed E-state index contributed by atoms with van der Waals surface area (Å²) in [6, 6.07) is 9.88. The van der Waals surface area contributed by atoms with Crippen LogP contribution in [0, 0.1) is 5.82 Å². The Morgan fingerprint density at radius 1 is 1.00 bits per heavy atom. The molecule has 150 valence electrons. The second-order valence-electron chi connectivity index (χ2n) is 6.72. The predicted octanol–water partition coefficient (Wildman–Crippen LogP) is 1.39. The number of hydrogen-bond donors (Lipinski definition) is 1. The van der Waals surface area contributed by atoms with Gasteiger partial charge in [0.15, 0.2) is 11.5 Å². The first-order valence-electron chi connectivity index (χ1n) is 9.23. The Kier molecular flexibility index (Phi) is 6.36. The van der Waals surface area contributed by atoms with E-state index >= 15 is 0 Å². The van der Waals surface area contributed by atoms with Crippen LogP contribution in [-0.2, 0) is 6.54 Å². The minimum Gasteiger partial charge on any atom is -0.496 e. The second-order valence-corrected chi connectivity index (χ2v) is 6.72. The number of carbonyl (C=O) groups is 1. The molecule has 1 aliphatic heterocycles. The first-order chi connectivity index (χ1) is 13.6. The van der Waals surface area contributed by atoms with Crippen molar-refractivity contribution >= 4 is 5.91 Å². The van der Waals surface area contributed by atoms with Gasteiger partial charge in [0.25, 0.3) is 5.91 Å². The molecule has 0 radical (unpaired) electrons. The van der Waals surface area contributed by atoms with Crippen LogP contribution in [0.25, 0.3) is 0 Å². The molecule has 1 aliphatic rings. The maximum Gasteiger partial charge on any atom is 0.257 e. The molecule has 1 amide bonds. The fourth-order valence-electron chi connectivity index (χ4n) is 3.51. The molecule has 2 aromatic rings. The van der Waals surface area contributed by atoms with Gasteiger partial charge in [-0.3, -0.25) is 4.79 Å². The van der Waals surface area contributed by atoms with Crippen LogP contribution >= 0.6 is 0 Å². The number of benzene rings is 2. The number of quaternary nitrogens is 1. The predicted molar refractivity (Wildman–Crippen MR) is 103 cm³/mol. The van der Waals surface area contributed by atoms with Gasteiger partial charge in [-0.1, -0.05) is 12.1 Å². The van der Waals surface area contributed by atoms with Crippen molar-refractivity contribution in [1.29, 1.82) is 0 Å². The Morgan fingerprint density at radius 2 is 1.61 bits per heavy atom. The van der Waals surface area contributed by atoms with Crippen LogP contribution in [0.5, 0.6) is 17.2 Å². The molecular formula is C21H26FN2O4+. The largest absolute Gasteiger partial charge is 0.496 e. The maximum absolute atomic E-state index is 13.9. The van der Waals surface area contributed by atoms with Crippen LogP contribution < -0.4 is 19.1 Å². The normalized spacial score (nSPS) is 14.6. The van der Waals surface area contributed by atoms with E-state index in [0.29, 0.717) is 24.6 Å². The van der Waals surface area contributed by atoms with Gasteiger partial charge in [0.2, 0.25) is 0 Å². The van der Waals surface area contributed by atoms with E-state index in [2.05, 4.69) is 0 Å². The van der Waals surface area contributed by atoms with Crippen molar-refractivity contribution in [1.82, 2.24) is 4.90 Å². The lowest BCUT2D eigenvalue weighted by Crippen LogP contribution is -3.13. The van der Waals surface area contributed by atoms with E-state index in [1.807, 2.05) is 12.1 Å². The lowest BCUT2D eigenvalue weighted by atomic mass is 10.1. The number of nitrogens with one attached hydrogen (secondary N) is 1. The minimum absolute atomic E-state index is 0.132. The van der Waals surface area contributed by atoms with E-state index in [4.69, 9.17) is 14.2 Å². The highest BCUT2D eigenvalue weighted by molar-refractivity contribution is 5.94. The first-order valence-corrected chi connectivity index (χ1v) is 9.23. The fourth-order valence-corrected chi connectivity index (χ4v) is 3.51. The summed E-state index contributed by atoms with van der Waals surface area (Å²) in [6.07, 6.45) is 0. The highest BCUT2D eigenvalue weighted by Crippen LogP contribution is 2.34. The van der Waals surface area contributed by atoms with E-state index in [-0.39, 0.29) is 11.5 Å². The van der Waals surface area contributed by atoms with Crippen LogP contribution in [0.1, 0.15) is 15.9 Å². The Labute approximate surface area is 164 Å². The topological polar surface area (TPSA) is 52.4 Å². The van der Waals surface area contributed by atoms with E-state index < -0.39 is 5.82 Å². The Balaban J connectivity index is 1.66. The van der Waals surface area contributed by atoms with Gasteiger partial charge < -0.3 is 24.0 Å². The van der Waals surface area contributed by atoms with Crippen LogP contribution in [0.15, 0.2) is 36.4 Å². The number of hydrogen-bond acceptors (Lipinski definition) is 4. The molecule has 1 N–H and O–H groups in total. The molecular weight excluding hydrogens is 363 g/mol. The number of carbonyl (C=O) groups excluding carboxylic acids is 1. The van der Waals surface area contributed by atoms with Crippen LogP contribution in [0.2, 0.25) is 0 Å². The van der Waals surface area contributed by atoms with Crippen molar-refractivity contribution in [3.8, 4) is 17.2 Å². The van der Waals surface area contributed by atoms with Crippen molar-refractivity contribution in [2.45, 2.75) is 6.54 Å². The van der Waals surface area contributed by atoms with Gasteiger partial charge in [-0.2, -0.15) is 0 Å². The molecule has 6 nitrogen and oxygen atoms in total. The van der Waals surface area contributed by atoms with Crippen LogP contribution in [0.3, 0.4) is 0 Å². The van der Waals surface area contributed by atoms with E-state index in [0.717, 1.165) is 30.9 Å². The van der Waals surface area contributed by atoms with E-state index in [1.165, 1.54) is 17.0 Å². The van der Waals surface area contributed by atoms with Crippen molar-refractivity contribution in [2.75, 3.05) is 47.5 Å². The number of rotatable bonds is 6. The second kappa shape index (κ2) is 8.93. The number of piperazine rings is 1. The lowest BCUT2D eigenvalue weighted by Gasteiger charge is -2.32. The van der Waals surface area contributed by atoms with Crippen molar-refractivity contribution < 1.29 is 28.3 Å². The molecule has 0 spiro atoms. The third-order valence-electron chi connectivity index (χ3n) is 5.09. The molecule has 1 fully saturated rings. The molecule has 2 aromatic carbocycles. The summed E-state index contributed by atoms with van der Waals surface area (Å²) in [6.45, 7) is 3.46. The Bertz CT molecular complexity index is 835. The highest BCUT2D eigenvalue weighted by Gasteiger charge is 2.27. The zero-order chi connectivity index (χ0) is 20.1. The summed E-state index contributed by atoms with van der Waals surface area (Å²) in [7, 11) is 4.83. The van der Waals surface area contributed by atoms with Crippen molar-refractivity contribution in [3.63, 3.8) is 0 Å². The number of amides is 1. The smallest absolute Gasteiger partial charge is 0.257 e. The number of ether oxygens (including phenoxy) is 3.